The Hall–Kier alpha value is -0.300. The highest BCUT2D eigenvalue weighted by atomic mass is 79.9. The molecule has 0 N–H and O–H groups in total. The van der Waals surface area contributed by atoms with Crippen molar-refractivity contribution in [3.8, 4) is 0 Å². The van der Waals surface area contributed by atoms with Gasteiger partial charge in [-0.25, -0.2) is 0 Å². The van der Waals surface area contributed by atoms with Crippen LogP contribution in [-0.2, 0) is 0 Å². The molecule has 0 amide bonds. The first kappa shape index (κ1) is 15.1. The molecular weight excluding hydrogens is 296 g/mol. The molecule has 0 aliphatic heterocycles. The first-order valence-electron chi connectivity index (χ1n) is 7.86. The van der Waals surface area contributed by atoms with Crippen LogP contribution in [0.15, 0.2) is 30.3 Å². The smallest absolute Gasteiger partial charge is 0.0174 e. The second-order valence-corrected chi connectivity index (χ2v) is 7.70. The molecule has 1 fully saturated rings. The molecule has 3 unspecified atom stereocenters. The van der Waals surface area contributed by atoms with E-state index in [1.807, 2.05) is 0 Å². The van der Waals surface area contributed by atoms with Crippen LogP contribution in [0.1, 0.15) is 63.9 Å². The van der Waals surface area contributed by atoms with Crippen molar-refractivity contribution in [3.05, 3.63) is 35.9 Å². The number of benzene rings is 1. The zero-order chi connectivity index (χ0) is 13.7. The van der Waals surface area contributed by atoms with Gasteiger partial charge in [-0.2, -0.15) is 0 Å². The molecule has 0 aromatic heterocycles. The van der Waals surface area contributed by atoms with Gasteiger partial charge in [0.2, 0.25) is 0 Å². The summed E-state index contributed by atoms with van der Waals surface area (Å²) in [7, 11) is 0. The minimum Gasteiger partial charge on any atom is -0.0888 e. The molecule has 0 saturated heterocycles. The summed E-state index contributed by atoms with van der Waals surface area (Å²) >= 11 is 3.92. The fourth-order valence-corrected chi connectivity index (χ4v) is 4.09. The predicted octanol–water partition coefficient (Wildman–Crippen LogP) is 6.16. The van der Waals surface area contributed by atoms with Gasteiger partial charge in [-0.05, 0) is 49.0 Å². The first-order chi connectivity index (χ1) is 9.16. The van der Waals surface area contributed by atoms with Crippen LogP contribution in [0.25, 0.3) is 0 Å². The molecule has 1 aromatic rings. The van der Waals surface area contributed by atoms with Crippen LogP contribution in [0, 0.1) is 11.8 Å². The van der Waals surface area contributed by atoms with Crippen LogP contribution in [-0.4, -0.2) is 4.83 Å². The summed E-state index contributed by atoms with van der Waals surface area (Å²) in [5.41, 5.74) is 1.55. The molecule has 0 radical (unpaired) electrons. The van der Waals surface area contributed by atoms with E-state index < -0.39 is 0 Å². The van der Waals surface area contributed by atoms with E-state index in [1.54, 1.807) is 5.56 Å². The molecule has 1 heteroatoms. The third-order valence-electron chi connectivity index (χ3n) is 4.52. The molecule has 1 saturated carbocycles. The molecule has 2 rings (SSSR count). The van der Waals surface area contributed by atoms with Gasteiger partial charge in [-0.15, -0.1) is 0 Å². The molecule has 1 aromatic carbocycles. The lowest BCUT2D eigenvalue weighted by atomic mass is 9.76. The van der Waals surface area contributed by atoms with Gasteiger partial charge in [0.1, 0.15) is 0 Å². The van der Waals surface area contributed by atoms with Crippen molar-refractivity contribution in [1.29, 1.82) is 0 Å². The van der Waals surface area contributed by atoms with Crippen molar-refractivity contribution >= 4 is 15.9 Å². The summed E-state index contributed by atoms with van der Waals surface area (Å²) in [6.07, 6.45) is 8.24. The number of hydrogen-bond donors (Lipinski definition) is 0. The fourth-order valence-electron chi connectivity index (χ4n) is 3.34. The van der Waals surface area contributed by atoms with E-state index in [4.69, 9.17) is 0 Å². The number of alkyl halides is 1. The van der Waals surface area contributed by atoms with Crippen LogP contribution in [0.3, 0.4) is 0 Å². The SMILES string of the molecule is CC(C)CCCC1CC(c2ccccc2)CCC1Br. The van der Waals surface area contributed by atoms with Gasteiger partial charge in [0.15, 0.2) is 0 Å². The quantitative estimate of drug-likeness (QED) is 0.569. The summed E-state index contributed by atoms with van der Waals surface area (Å²) in [6.45, 7) is 4.67. The van der Waals surface area contributed by atoms with Gasteiger partial charge in [0.05, 0.1) is 0 Å². The van der Waals surface area contributed by atoms with Crippen LogP contribution in [0.2, 0.25) is 0 Å². The maximum atomic E-state index is 3.92. The van der Waals surface area contributed by atoms with Gasteiger partial charge in [-0.3, -0.25) is 0 Å². The molecule has 0 bridgehead atoms. The zero-order valence-electron chi connectivity index (χ0n) is 12.3. The van der Waals surface area contributed by atoms with Gasteiger partial charge in [-0.1, -0.05) is 73.0 Å². The average Bonchev–Trinajstić information content (AvgIpc) is 2.41. The Bertz CT molecular complexity index is 357. The Morgan fingerprint density at radius 3 is 2.58 bits per heavy atom. The Morgan fingerprint density at radius 1 is 1.16 bits per heavy atom. The summed E-state index contributed by atoms with van der Waals surface area (Å²) in [5, 5.41) is 0. The summed E-state index contributed by atoms with van der Waals surface area (Å²) in [5.74, 6) is 2.51. The van der Waals surface area contributed by atoms with Crippen LogP contribution < -0.4 is 0 Å². The van der Waals surface area contributed by atoms with Crippen molar-refractivity contribution < 1.29 is 0 Å². The van der Waals surface area contributed by atoms with E-state index in [2.05, 4.69) is 60.1 Å². The summed E-state index contributed by atoms with van der Waals surface area (Å²) in [4.78, 5) is 0.750. The van der Waals surface area contributed by atoms with E-state index in [0.29, 0.717) is 0 Å². The lowest BCUT2D eigenvalue weighted by Gasteiger charge is -2.33. The third kappa shape index (κ3) is 4.63. The van der Waals surface area contributed by atoms with Crippen molar-refractivity contribution in [2.45, 2.75) is 63.1 Å². The Balaban J connectivity index is 1.89. The second-order valence-electron chi connectivity index (χ2n) is 6.52. The molecular formula is C18H27Br. The Kier molecular flexibility index (Phi) is 5.94. The molecule has 0 nitrogen and oxygen atoms in total. The standard InChI is InChI=1S/C18H27Br/c1-14(2)7-6-10-17-13-16(11-12-18(17)19)15-8-4-3-5-9-15/h3-5,8-9,14,16-18H,6-7,10-13H2,1-2H3. The third-order valence-corrected chi connectivity index (χ3v) is 5.72. The topological polar surface area (TPSA) is 0 Å². The van der Waals surface area contributed by atoms with E-state index in [0.717, 1.165) is 22.6 Å². The monoisotopic (exact) mass is 322 g/mol. The van der Waals surface area contributed by atoms with Crippen molar-refractivity contribution in [2.24, 2.45) is 11.8 Å². The molecule has 19 heavy (non-hydrogen) atoms. The van der Waals surface area contributed by atoms with E-state index in [9.17, 15) is 0 Å². The Labute approximate surface area is 127 Å². The highest BCUT2D eigenvalue weighted by Crippen LogP contribution is 2.41. The average molecular weight is 323 g/mol. The summed E-state index contributed by atoms with van der Waals surface area (Å²) < 4.78 is 0. The minimum absolute atomic E-state index is 0.750. The number of hydrogen-bond acceptors (Lipinski definition) is 0. The fraction of sp³-hybridized carbons (Fsp3) is 0.667. The highest BCUT2D eigenvalue weighted by Gasteiger charge is 2.29. The second kappa shape index (κ2) is 7.47. The number of rotatable bonds is 5. The predicted molar refractivity (Wildman–Crippen MR) is 87.9 cm³/mol. The molecule has 1 aliphatic carbocycles. The van der Waals surface area contributed by atoms with Crippen molar-refractivity contribution in [1.82, 2.24) is 0 Å². The molecule has 1 aliphatic rings. The van der Waals surface area contributed by atoms with Crippen molar-refractivity contribution in [2.75, 3.05) is 0 Å². The largest absolute Gasteiger partial charge is 0.0888 e. The molecule has 0 spiro atoms. The minimum atomic E-state index is 0.750. The van der Waals surface area contributed by atoms with Crippen molar-refractivity contribution in [3.63, 3.8) is 0 Å². The molecule has 0 heterocycles. The van der Waals surface area contributed by atoms with E-state index >= 15 is 0 Å². The van der Waals surface area contributed by atoms with Gasteiger partial charge < -0.3 is 0 Å². The first-order valence-corrected chi connectivity index (χ1v) is 8.77. The lowest BCUT2D eigenvalue weighted by molar-refractivity contribution is 0.307. The zero-order valence-corrected chi connectivity index (χ0v) is 13.9. The molecule has 106 valence electrons. The normalized spacial score (nSPS) is 27.7. The van der Waals surface area contributed by atoms with Gasteiger partial charge >= 0.3 is 0 Å². The van der Waals surface area contributed by atoms with Crippen LogP contribution in [0.4, 0.5) is 0 Å². The maximum Gasteiger partial charge on any atom is 0.0174 e. The van der Waals surface area contributed by atoms with E-state index in [1.165, 1.54) is 38.5 Å². The van der Waals surface area contributed by atoms with Crippen LogP contribution >= 0.6 is 15.9 Å². The van der Waals surface area contributed by atoms with E-state index in [-0.39, 0.29) is 0 Å². The van der Waals surface area contributed by atoms with Crippen LogP contribution in [0.5, 0.6) is 0 Å². The maximum absolute atomic E-state index is 3.92. The summed E-state index contributed by atoms with van der Waals surface area (Å²) in [6, 6.07) is 11.1. The van der Waals surface area contributed by atoms with Gasteiger partial charge in [0.25, 0.3) is 0 Å². The highest BCUT2D eigenvalue weighted by molar-refractivity contribution is 9.09. The Morgan fingerprint density at radius 2 is 1.89 bits per heavy atom. The molecule has 3 atom stereocenters. The van der Waals surface area contributed by atoms with Gasteiger partial charge in [0, 0.05) is 4.83 Å². The lowest BCUT2D eigenvalue weighted by Crippen LogP contribution is -2.24. The number of halogens is 1.